The Morgan fingerprint density at radius 3 is 1.90 bits per heavy atom. The number of rotatable bonds is 3. The molecule has 0 fully saturated rings. The molecule has 4 heterocycles. The predicted molar refractivity (Wildman–Crippen MR) is 167 cm³/mol. The molecular weight excluding hydrogens is 502 g/mol. The number of para-hydroxylation sites is 5. The lowest BCUT2D eigenvalue weighted by molar-refractivity contribution is 1.06. The molecule has 5 nitrogen and oxygen atoms in total. The van der Waals surface area contributed by atoms with Crippen molar-refractivity contribution in [1.29, 1.82) is 0 Å². The summed E-state index contributed by atoms with van der Waals surface area (Å²) in [4.78, 5) is 10.2. The van der Waals surface area contributed by atoms with Crippen LogP contribution in [0.4, 0.5) is 0 Å². The van der Waals surface area contributed by atoms with Gasteiger partial charge in [-0.15, -0.1) is 0 Å². The highest BCUT2D eigenvalue weighted by atomic mass is 15.2. The summed E-state index contributed by atoms with van der Waals surface area (Å²) in [6, 6.07) is 48.8. The molecule has 192 valence electrons. The second-order valence-electron chi connectivity index (χ2n) is 10.4. The fourth-order valence-electron chi connectivity index (χ4n) is 6.27. The van der Waals surface area contributed by atoms with Crippen LogP contribution in [0.25, 0.3) is 72.4 Å². The van der Waals surface area contributed by atoms with E-state index in [4.69, 9.17) is 9.97 Å². The monoisotopic (exact) mass is 525 g/mol. The van der Waals surface area contributed by atoms with Gasteiger partial charge < -0.3 is 4.57 Å². The lowest BCUT2D eigenvalue weighted by Crippen LogP contribution is -2.01. The van der Waals surface area contributed by atoms with Crippen LogP contribution in [0.15, 0.2) is 140 Å². The van der Waals surface area contributed by atoms with Crippen molar-refractivity contribution >= 4 is 49.7 Å². The van der Waals surface area contributed by atoms with Gasteiger partial charge >= 0.3 is 0 Å². The van der Waals surface area contributed by atoms with E-state index in [-0.39, 0.29) is 0 Å². The van der Waals surface area contributed by atoms with E-state index in [2.05, 4.69) is 147 Å². The number of fused-ring (bicyclic) bond motifs is 8. The Balaban J connectivity index is 1.39. The summed E-state index contributed by atoms with van der Waals surface area (Å²) in [6.45, 7) is 0. The normalized spacial score (nSPS) is 11.9. The second kappa shape index (κ2) is 8.41. The van der Waals surface area contributed by atoms with Gasteiger partial charge in [-0.2, -0.15) is 0 Å². The van der Waals surface area contributed by atoms with Crippen LogP contribution >= 0.6 is 0 Å². The van der Waals surface area contributed by atoms with E-state index in [1.54, 1.807) is 0 Å². The van der Waals surface area contributed by atoms with Crippen molar-refractivity contribution in [2.24, 2.45) is 0 Å². The summed E-state index contributed by atoms with van der Waals surface area (Å²) in [7, 11) is 0. The number of hydrogen-bond acceptors (Lipinski definition) is 2. The van der Waals surface area contributed by atoms with Gasteiger partial charge in [0.2, 0.25) is 0 Å². The number of imidazole rings is 2. The van der Waals surface area contributed by atoms with E-state index in [9.17, 15) is 0 Å². The molecule has 41 heavy (non-hydrogen) atoms. The summed E-state index contributed by atoms with van der Waals surface area (Å²) in [5, 5.41) is 2.42. The zero-order chi connectivity index (χ0) is 26.9. The van der Waals surface area contributed by atoms with Gasteiger partial charge in [0.05, 0.1) is 22.1 Å². The van der Waals surface area contributed by atoms with Crippen LogP contribution in [0.3, 0.4) is 0 Å². The first-order valence-electron chi connectivity index (χ1n) is 13.8. The van der Waals surface area contributed by atoms with Gasteiger partial charge in [0.15, 0.2) is 5.65 Å². The van der Waals surface area contributed by atoms with Crippen molar-refractivity contribution in [2.45, 2.75) is 0 Å². The second-order valence-corrected chi connectivity index (χ2v) is 10.4. The third kappa shape index (κ3) is 3.17. The SMILES string of the molecule is c1ccc(-n2c(-c3ccc4c(c3)c3ccccc3n4-c3ccccc3)nc3ccc4nc5ccccc5n4c32)cc1. The minimum absolute atomic E-state index is 0.898. The Morgan fingerprint density at radius 1 is 0.439 bits per heavy atom. The van der Waals surface area contributed by atoms with Crippen LogP contribution in [0, 0.1) is 0 Å². The first kappa shape index (κ1) is 22.2. The summed E-state index contributed by atoms with van der Waals surface area (Å²) < 4.78 is 6.84. The van der Waals surface area contributed by atoms with Gasteiger partial charge in [-0.25, -0.2) is 9.97 Å². The number of nitrogens with zero attached hydrogens (tertiary/aromatic N) is 5. The first-order chi connectivity index (χ1) is 20.3. The highest BCUT2D eigenvalue weighted by molar-refractivity contribution is 6.10. The van der Waals surface area contributed by atoms with Gasteiger partial charge in [0.25, 0.3) is 0 Å². The van der Waals surface area contributed by atoms with E-state index in [0.717, 1.165) is 50.6 Å². The van der Waals surface area contributed by atoms with Gasteiger partial charge in [-0.05, 0) is 72.8 Å². The fourth-order valence-corrected chi connectivity index (χ4v) is 6.27. The summed E-state index contributed by atoms with van der Waals surface area (Å²) >= 11 is 0. The van der Waals surface area contributed by atoms with Crippen LogP contribution in [0.5, 0.6) is 0 Å². The summed E-state index contributed by atoms with van der Waals surface area (Å²) in [5.74, 6) is 0.898. The molecule has 9 rings (SSSR count). The van der Waals surface area contributed by atoms with E-state index >= 15 is 0 Å². The number of benzene rings is 5. The van der Waals surface area contributed by atoms with Crippen LogP contribution in [0.1, 0.15) is 0 Å². The Hall–Kier alpha value is -5.68. The molecule has 0 aliphatic carbocycles. The maximum Gasteiger partial charge on any atom is 0.151 e. The topological polar surface area (TPSA) is 40.0 Å². The van der Waals surface area contributed by atoms with Crippen LogP contribution in [-0.2, 0) is 0 Å². The van der Waals surface area contributed by atoms with Crippen LogP contribution < -0.4 is 0 Å². The predicted octanol–water partition coefficient (Wildman–Crippen LogP) is 8.59. The van der Waals surface area contributed by atoms with Crippen molar-refractivity contribution < 1.29 is 0 Å². The van der Waals surface area contributed by atoms with Crippen LogP contribution in [-0.4, -0.2) is 23.5 Å². The van der Waals surface area contributed by atoms with E-state index < -0.39 is 0 Å². The molecule has 0 aliphatic heterocycles. The largest absolute Gasteiger partial charge is 0.309 e. The Morgan fingerprint density at radius 2 is 1.10 bits per heavy atom. The molecule has 0 saturated heterocycles. The van der Waals surface area contributed by atoms with Crippen LogP contribution in [0.2, 0.25) is 0 Å². The smallest absolute Gasteiger partial charge is 0.151 e. The molecule has 0 bridgehead atoms. The molecule has 0 saturated carbocycles. The molecule has 0 aliphatic rings. The molecule has 5 heteroatoms. The highest BCUT2D eigenvalue weighted by Gasteiger charge is 2.20. The lowest BCUT2D eigenvalue weighted by atomic mass is 10.1. The molecule has 4 aromatic heterocycles. The third-order valence-electron chi connectivity index (χ3n) is 8.03. The quantitative estimate of drug-likeness (QED) is 0.232. The van der Waals surface area contributed by atoms with Crippen molar-refractivity contribution in [1.82, 2.24) is 23.5 Å². The Labute approximate surface area is 235 Å². The zero-order valence-electron chi connectivity index (χ0n) is 22.0. The lowest BCUT2D eigenvalue weighted by Gasteiger charge is -2.11. The van der Waals surface area contributed by atoms with Crippen molar-refractivity contribution in [3.63, 3.8) is 0 Å². The first-order valence-corrected chi connectivity index (χ1v) is 13.8. The number of pyridine rings is 1. The molecule has 0 N–H and O–H groups in total. The van der Waals surface area contributed by atoms with E-state index in [0.29, 0.717) is 0 Å². The number of hydrogen-bond donors (Lipinski definition) is 0. The van der Waals surface area contributed by atoms with E-state index in [1.165, 1.54) is 21.8 Å². The van der Waals surface area contributed by atoms with E-state index in [1.807, 2.05) is 6.07 Å². The van der Waals surface area contributed by atoms with Crippen molar-refractivity contribution in [2.75, 3.05) is 0 Å². The summed E-state index contributed by atoms with van der Waals surface area (Å²) in [5.41, 5.74) is 10.5. The minimum Gasteiger partial charge on any atom is -0.309 e. The van der Waals surface area contributed by atoms with Gasteiger partial charge in [0, 0.05) is 27.7 Å². The fraction of sp³-hybridized carbons (Fsp3) is 0. The maximum atomic E-state index is 5.26. The molecule has 5 aromatic carbocycles. The van der Waals surface area contributed by atoms with Crippen molar-refractivity contribution in [3.05, 3.63) is 140 Å². The standard InChI is InChI=1S/C36H23N5/c1-3-11-25(12-4-1)39-31-17-9-7-15-27(31)28-23-24(19-21-32(28)39)35-38-30-20-22-34-37-29-16-8-10-18-33(29)41(34)36(30)40(35)26-13-5-2-6-14-26/h1-23H. The average molecular weight is 526 g/mol. The summed E-state index contributed by atoms with van der Waals surface area (Å²) in [6.07, 6.45) is 0. The Kier molecular flexibility index (Phi) is 4.55. The minimum atomic E-state index is 0.898. The molecular formula is C36H23N5. The number of aromatic nitrogens is 5. The highest BCUT2D eigenvalue weighted by Crippen LogP contribution is 2.37. The van der Waals surface area contributed by atoms with Gasteiger partial charge in [-0.1, -0.05) is 66.7 Å². The molecule has 0 radical (unpaired) electrons. The average Bonchev–Trinajstić information content (AvgIpc) is 3.71. The third-order valence-corrected chi connectivity index (χ3v) is 8.03. The van der Waals surface area contributed by atoms with Gasteiger partial charge in [-0.3, -0.25) is 8.97 Å². The molecule has 9 aromatic rings. The van der Waals surface area contributed by atoms with Gasteiger partial charge in [0.1, 0.15) is 17.0 Å². The zero-order valence-corrected chi connectivity index (χ0v) is 22.0. The van der Waals surface area contributed by atoms with Crippen molar-refractivity contribution in [3.8, 4) is 22.8 Å². The molecule has 0 atom stereocenters. The Bertz CT molecular complexity index is 2410. The maximum absolute atomic E-state index is 5.26. The molecule has 0 unspecified atom stereocenters. The molecule has 0 spiro atoms. The molecule has 0 amide bonds.